The molecule has 0 spiro atoms. The second-order valence-corrected chi connectivity index (χ2v) is 5.21. The highest BCUT2D eigenvalue weighted by Gasteiger charge is 2.12. The van der Waals surface area contributed by atoms with Gasteiger partial charge in [-0.2, -0.15) is 0 Å². The topological polar surface area (TPSA) is 17.1 Å². The quantitative estimate of drug-likeness (QED) is 0.505. The van der Waals surface area contributed by atoms with Crippen LogP contribution >= 0.6 is 0 Å². The smallest absolute Gasteiger partial charge is 0.163 e. The molecule has 0 bridgehead atoms. The third-order valence-corrected chi connectivity index (χ3v) is 3.67. The Labute approximate surface area is 115 Å². The number of carbonyl (C=O) groups is 1. The van der Waals surface area contributed by atoms with Crippen molar-refractivity contribution in [2.75, 3.05) is 0 Å². The molecule has 0 aliphatic rings. The number of unbranched alkanes of at least 4 members (excludes halogenated alkanes) is 3. The van der Waals surface area contributed by atoms with Crippen LogP contribution in [-0.2, 0) is 0 Å². The Hall–Kier alpha value is -1.63. The van der Waals surface area contributed by atoms with E-state index in [1.54, 1.807) is 0 Å². The van der Waals surface area contributed by atoms with Crippen LogP contribution in [0.25, 0.3) is 10.8 Å². The van der Waals surface area contributed by atoms with E-state index in [1.165, 1.54) is 12.8 Å². The summed E-state index contributed by atoms with van der Waals surface area (Å²) in [6, 6.07) is 12.3. The van der Waals surface area contributed by atoms with Crippen LogP contribution in [0.2, 0.25) is 0 Å². The van der Waals surface area contributed by atoms with E-state index >= 15 is 0 Å². The molecule has 2 rings (SSSR count). The number of fused-ring (bicyclic) bond motifs is 1. The number of carbonyl (C=O) groups excluding carboxylic acids is 1. The van der Waals surface area contributed by atoms with Gasteiger partial charge in [0.05, 0.1) is 0 Å². The van der Waals surface area contributed by atoms with Gasteiger partial charge in [-0.05, 0) is 29.7 Å². The van der Waals surface area contributed by atoms with Crippen molar-refractivity contribution >= 4 is 16.6 Å². The zero-order valence-corrected chi connectivity index (χ0v) is 11.9. The van der Waals surface area contributed by atoms with Gasteiger partial charge >= 0.3 is 0 Å². The summed E-state index contributed by atoms with van der Waals surface area (Å²) >= 11 is 0. The maximum Gasteiger partial charge on any atom is 0.163 e. The van der Waals surface area contributed by atoms with Crippen molar-refractivity contribution in [1.82, 2.24) is 0 Å². The second kappa shape index (κ2) is 6.51. The summed E-state index contributed by atoms with van der Waals surface area (Å²) in [5.41, 5.74) is 2.02. The van der Waals surface area contributed by atoms with Crippen LogP contribution in [0.1, 0.15) is 54.9 Å². The van der Waals surface area contributed by atoms with Crippen LogP contribution in [0.3, 0.4) is 0 Å². The Morgan fingerprint density at radius 3 is 2.58 bits per heavy atom. The van der Waals surface area contributed by atoms with Gasteiger partial charge in [-0.3, -0.25) is 4.79 Å². The highest BCUT2D eigenvalue weighted by molar-refractivity contribution is 6.09. The van der Waals surface area contributed by atoms with E-state index in [-0.39, 0.29) is 0 Å². The first-order valence-electron chi connectivity index (χ1n) is 7.25. The summed E-state index contributed by atoms with van der Waals surface area (Å²) < 4.78 is 0. The van der Waals surface area contributed by atoms with Gasteiger partial charge in [0.1, 0.15) is 0 Å². The van der Waals surface area contributed by atoms with Gasteiger partial charge in [0, 0.05) is 12.0 Å². The van der Waals surface area contributed by atoms with Crippen LogP contribution < -0.4 is 0 Å². The van der Waals surface area contributed by atoms with Gasteiger partial charge in [0.2, 0.25) is 0 Å². The van der Waals surface area contributed by atoms with Crippen molar-refractivity contribution in [3.8, 4) is 0 Å². The molecule has 0 unspecified atom stereocenters. The van der Waals surface area contributed by atoms with Crippen LogP contribution in [0.5, 0.6) is 0 Å². The van der Waals surface area contributed by atoms with Crippen LogP contribution in [0.15, 0.2) is 36.4 Å². The molecule has 0 heterocycles. The van der Waals surface area contributed by atoms with Crippen molar-refractivity contribution in [3.05, 3.63) is 47.5 Å². The molecule has 0 saturated heterocycles. The number of rotatable bonds is 6. The highest BCUT2D eigenvalue weighted by atomic mass is 16.1. The summed E-state index contributed by atoms with van der Waals surface area (Å²) in [6.07, 6.45) is 5.28. The fourth-order valence-electron chi connectivity index (χ4n) is 2.59. The maximum atomic E-state index is 12.4. The molecule has 19 heavy (non-hydrogen) atoms. The molecular weight excluding hydrogens is 232 g/mol. The Kier molecular flexibility index (Phi) is 4.73. The molecule has 0 fully saturated rings. The summed E-state index contributed by atoms with van der Waals surface area (Å²) in [5, 5.41) is 2.26. The van der Waals surface area contributed by atoms with Gasteiger partial charge in [-0.1, -0.05) is 62.6 Å². The van der Waals surface area contributed by atoms with Gasteiger partial charge < -0.3 is 0 Å². The number of Topliss-reactive ketones (excluding diaryl/α,β-unsaturated/α-hetero) is 1. The van der Waals surface area contributed by atoms with Crippen LogP contribution in [0, 0.1) is 6.92 Å². The van der Waals surface area contributed by atoms with Gasteiger partial charge in [-0.15, -0.1) is 0 Å². The normalized spacial score (nSPS) is 10.8. The van der Waals surface area contributed by atoms with Crippen molar-refractivity contribution < 1.29 is 4.79 Å². The minimum Gasteiger partial charge on any atom is -0.294 e. The average molecular weight is 254 g/mol. The van der Waals surface area contributed by atoms with E-state index < -0.39 is 0 Å². The maximum absolute atomic E-state index is 12.4. The fourth-order valence-corrected chi connectivity index (χ4v) is 2.59. The van der Waals surface area contributed by atoms with E-state index in [0.29, 0.717) is 12.2 Å². The van der Waals surface area contributed by atoms with Crippen molar-refractivity contribution in [2.24, 2.45) is 0 Å². The molecule has 0 aliphatic carbocycles. The first kappa shape index (κ1) is 13.8. The predicted octanol–water partition coefficient (Wildman–Crippen LogP) is 5.30. The molecule has 1 heteroatoms. The molecule has 1 nitrogen and oxygen atoms in total. The molecule has 0 amide bonds. The Morgan fingerprint density at radius 2 is 1.79 bits per heavy atom. The first-order valence-corrected chi connectivity index (χ1v) is 7.25. The summed E-state index contributed by atoms with van der Waals surface area (Å²) in [7, 11) is 0. The lowest BCUT2D eigenvalue weighted by Gasteiger charge is -2.09. The SMILES string of the molecule is CCCCCCC(=O)c1c(C)ccc2ccccc12. The molecule has 0 aliphatic heterocycles. The van der Waals surface area contributed by atoms with E-state index in [2.05, 4.69) is 31.2 Å². The Bertz CT molecular complexity index is 569. The predicted molar refractivity (Wildman–Crippen MR) is 81.8 cm³/mol. The van der Waals surface area contributed by atoms with Gasteiger partial charge in [0.15, 0.2) is 5.78 Å². The largest absolute Gasteiger partial charge is 0.294 e. The van der Waals surface area contributed by atoms with Crippen molar-refractivity contribution in [2.45, 2.75) is 46.0 Å². The summed E-state index contributed by atoms with van der Waals surface area (Å²) in [6.45, 7) is 4.22. The molecular formula is C18H22O. The Morgan fingerprint density at radius 1 is 1.00 bits per heavy atom. The number of benzene rings is 2. The molecule has 0 saturated carbocycles. The zero-order chi connectivity index (χ0) is 13.7. The molecule has 0 aromatic heterocycles. The zero-order valence-electron chi connectivity index (χ0n) is 11.9. The number of hydrogen-bond acceptors (Lipinski definition) is 1. The third-order valence-electron chi connectivity index (χ3n) is 3.67. The summed E-state index contributed by atoms with van der Waals surface area (Å²) in [5.74, 6) is 0.297. The summed E-state index contributed by atoms with van der Waals surface area (Å²) in [4.78, 5) is 12.4. The van der Waals surface area contributed by atoms with Gasteiger partial charge in [0.25, 0.3) is 0 Å². The first-order chi connectivity index (χ1) is 9.24. The number of aryl methyl sites for hydroxylation is 1. The molecule has 2 aromatic rings. The van der Waals surface area contributed by atoms with E-state index in [4.69, 9.17) is 0 Å². The van der Waals surface area contributed by atoms with E-state index in [0.717, 1.165) is 34.7 Å². The standard InChI is InChI=1S/C18H22O/c1-3-4-5-6-11-17(19)18-14(2)12-13-15-9-7-8-10-16(15)18/h7-10,12-13H,3-6,11H2,1-2H3. The third kappa shape index (κ3) is 3.23. The Balaban J connectivity index is 2.23. The second-order valence-electron chi connectivity index (χ2n) is 5.21. The highest BCUT2D eigenvalue weighted by Crippen LogP contribution is 2.24. The van der Waals surface area contributed by atoms with Crippen LogP contribution in [0.4, 0.5) is 0 Å². The minimum absolute atomic E-state index is 0.297. The molecule has 0 atom stereocenters. The molecule has 0 N–H and O–H groups in total. The lowest BCUT2D eigenvalue weighted by atomic mass is 9.94. The monoisotopic (exact) mass is 254 g/mol. The van der Waals surface area contributed by atoms with E-state index in [1.807, 2.05) is 19.1 Å². The minimum atomic E-state index is 0.297. The van der Waals surface area contributed by atoms with Crippen molar-refractivity contribution in [1.29, 1.82) is 0 Å². The molecule has 2 aromatic carbocycles. The lowest BCUT2D eigenvalue weighted by Crippen LogP contribution is -2.03. The molecule has 100 valence electrons. The fraction of sp³-hybridized carbons (Fsp3) is 0.389. The lowest BCUT2D eigenvalue weighted by molar-refractivity contribution is 0.0980. The van der Waals surface area contributed by atoms with Crippen LogP contribution in [-0.4, -0.2) is 5.78 Å². The number of ketones is 1. The average Bonchev–Trinajstić information content (AvgIpc) is 2.43. The van der Waals surface area contributed by atoms with Gasteiger partial charge in [-0.25, -0.2) is 0 Å². The number of hydrogen-bond donors (Lipinski definition) is 0. The van der Waals surface area contributed by atoms with E-state index in [9.17, 15) is 4.79 Å². The molecule has 0 radical (unpaired) electrons. The van der Waals surface area contributed by atoms with Crippen molar-refractivity contribution in [3.63, 3.8) is 0 Å².